The lowest BCUT2D eigenvalue weighted by Gasteiger charge is -2.16. The second-order valence-corrected chi connectivity index (χ2v) is 3.27. The highest BCUT2D eigenvalue weighted by Gasteiger charge is 2.20. The molecule has 5 N–H and O–H groups in total. The Morgan fingerprint density at radius 2 is 2.12 bits per heavy atom. The van der Waals surface area contributed by atoms with Crippen LogP contribution >= 0.6 is 0 Å². The first-order chi connectivity index (χ1) is 7.54. The van der Waals surface area contributed by atoms with Crippen LogP contribution in [0.3, 0.4) is 0 Å². The number of carboxylic acids is 1. The molecule has 0 aliphatic rings. The monoisotopic (exact) mass is 234 g/mol. The van der Waals surface area contributed by atoms with E-state index < -0.39 is 24.0 Å². The Labute approximate surface area is 93.6 Å². The first-order valence-corrected chi connectivity index (χ1v) is 4.91. The molecule has 0 heterocycles. The van der Waals surface area contributed by atoms with Crippen molar-refractivity contribution in [3.05, 3.63) is 0 Å². The molecule has 0 aromatic carbocycles. The number of aliphatic hydroxyl groups excluding tert-OH is 1. The van der Waals surface area contributed by atoms with Gasteiger partial charge in [-0.25, -0.2) is 4.79 Å². The molecule has 7 nitrogen and oxygen atoms in total. The molecule has 1 amide bonds. The van der Waals surface area contributed by atoms with E-state index in [-0.39, 0.29) is 26.0 Å². The van der Waals surface area contributed by atoms with Crippen molar-refractivity contribution in [3.63, 3.8) is 0 Å². The van der Waals surface area contributed by atoms with Crippen LogP contribution in [-0.4, -0.2) is 54.5 Å². The van der Waals surface area contributed by atoms with Gasteiger partial charge in [-0.2, -0.15) is 0 Å². The van der Waals surface area contributed by atoms with Crippen molar-refractivity contribution >= 4 is 11.9 Å². The lowest BCUT2D eigenvalue weighted by atomic mass is 10.2. The Hall–Kier alpha value is -1.18. The van der Waals surface area contributed by atoms with E-state index >= 15 is 0 Å². The van der Waals surface area contributed by atoms with E-state index in [0.717, 1.165) is 0 Å². The number of aliphatic hydroxyl groups is 1. The fourth-order valence-corrected chi connectivity index (χ4v) is 1.11. The van der Waals surface area contributed by atoms with Crippen LogP contribution in [0.2, 0.25) is 0 Å². The maximum Gasteiger partial charge on any atom is 0.326 e. The third-order valence-corrected chi connectivity index (χ3v) is 2.06. The summed E-state index contributed by atoms with van der Waals surface area (Å²) in [4.78, 5) is 22.0. The van der Waals surface area contributed by atoms with Crippen molar-refractivity contribution in [2.75, 3.05) is 20.3 Å². The lowest BCUT2D eigenvalue weighted by molar-refractivity contribution is -0.142. The van der Waals surface area contributed by atoms with E-state index in [1.54, 1.807) is 0 Å². The molecule has 1 unspecified atom stereocenters. The Kier molecular flexibility index (Phi) is 7.44. The minimum atomic E-state index is -1.18. The predicted molar refractivity (Wildman–Crippen MR) is 55.7 cm³/mol. The van der Waals surface area contributed by atoms with E-state index in [1.807, 2.05) is 0 Å². The Morgan fingerprint density at radius 1 is 1.50 bits per heavy atom. The standard InChI is InChI=1S/C9H18N2O5/c1-16-6(5-10)4-8(13)11-7(2-3-12)9(14)15/h6-7,12H,2-5,10H2,1H3,(H,11,13)(H,14,15)/t6?,7-/m0/s1. The molecule has 0 saturated carbocycles. The number of carbonyl (C=O) groups excluding carboxylic acids is 1. The topological polar surface area (TPSA) is 122 Å². The van der Waals surface area contributed by atoms with Crippen molar-refractivity contribution in [3.8, 4) is 0 Å². The number of rotatable bonds is 8. The summed E-state index contributed by atoms with van der Waals surface area (Å²) in [6, 6.07) is -1.08. The molecule has 2 atom stereocenters. The van der Waals surface area contributed by atoms with Crippen LogP contribution in [0.25, 0.3) is 0 Å². The molecule has 0 rings (SSSR count). The van der Waals surface area contributed by atoms with Gasteiger partial charge in [0.1, 0.15) is 6.04 Å². The van der Waals surface area contributed by atoms with Crippen LogP contribution < -0.4 is 11.1 Å². The highest BCUT2D eigenvalue weighted by Crippen LogP contribution is 1.97. The normalized spacial score (nSPS) is 14.2. The smallest absolute Gasteiger partial charge is 0.326 e. The molecule has 0 aromatic rings. The predicted octanol–water partition coefficient (Wildman–Crippen LogP) is -1.70. The molecular weight excluding hydrogens is 216 g/mol. The van der Waals surface area contributed by atoms with Crippen molar-refractivity contribution in [1.82, 2.24) is 5.32 Å². The summed E-state index contributed by atoms with van der Waals surface area (Å²) in [5, 5.41) is 19.6. The number of ether oxygens (including phenoxy) is 1. The second-order valence-electron chi connectivity index (χ2n) is 3.27. The first kappa shape index (κ1) is 14.8. The largest absolute Gasteiger partial charge is 0.480 e. The number of nitrogens with one attached hydrogen (secondary N) is 1. The highest BCUT2D eigenvalue weighted by molar-refractivity contribution is 5.83. The first-order valence-electron chi connectivity index (χ1n) is 4.91. The van der Waals surface area contributed by atoms with Crippen LogP contribution in [0.15, 0.2) is 0 Å². The average Bonchev–Trinajstić information content (AvgIpc) is 2.25. The zero-order valence-corrected chi connectivity index (χ0v) is 9.18. The molecule has 0 aliphatic carbocycles. The zero-order chi connectivity index (χ0) is 12.6. The molecule has 0 fully saturated rings. The molecule has 7 heteroatoms. The Morgan fingerprint density at radius 3 is 2.50 bits per heavy atom. The second kappa shape index (κ2) is 8.03. The van der Waals surface area contributed by atoms with E-state index in [9.17, 15) is 9.59 Å². The van der Waals surface area contributed by atoms with Crippen molar-refractivity contribution in [2.24, 2.45) is 5.73 Å². The molecule has 0 saturated heterocycles. The summed E-state index contributed by atoms with van der Waals surface area (Å²) in [5.41, 5.74) is 5.32. The van der Waals surface area contributed by atoms with Crippen LogP contribution in [0.4, 0.5) is 0 Å². The van der Waals surface area contributed by atoms with Gasteiger partial charge in [-0.1, -0.05) is 0 Å². The van der Waals surface area contributed by atoms with Gasteiger partial charge in [0, 0.05) is 26.7 Å². The molecule has 0 spiro atoms. The molecular formula is C9H18N2O5. The summed E-state index contributed by atoms with van der Waals surface area (Å²) >= 11 is 0. The number of carboxylic acid groups (broad SMARTS) is 1. The SMILES string of the molecule is COC(CN)CC(=O)N[C@@H](CCO)C(=O)O. The van der Waals surface area contributed by atoms with E-state index in [4.69, 9.17) is 20.7 Å². The minimum Gasteiger partial charge on any atom is -0.480 e. The van der Waals surface area contributed by atoms with Gasteiger partial charge >= 0.3 is 5.97 Å². The summed E-state index contributed by atoms with van der Waals surface area (Å²) in [5.74, 6) is -1.64. The molecule has 94 valence electrons. The Balaban J connectivity index is 4.13. The van der Waals surface area contributed by atoms with Gasteiger partial charge in [0.25, 0.3) is 0 Å². The number of nitrogens with two attached hydrogens (primary N) is 1. The number of amides is 1. The maximum atomic E-state index is 11.4. The maximum absolute atomic E-state index is 11.4. The van der Waals surface area contributed by atoms with E-state index in [2.05, 4.69) is 5.32 Å². The van der Waals surface area contributed by atoms with Crippen LogP contribution in [-0.2, 0) is 14.3 Å². The highest BCUT2D eigenvalue weighted by atomic mass is 16.5. The summed E-state index contributed by atoms with van der Waals surface area (Å²) in [6.45, 7) is -0.122. The summed E-state index contributed by atoms with van der Waals surface area (Å²) in [6.07, 6.45) is -0.451. The molecule has 0 radical (unpaired) electrons. The van der Waals surface area contributed by atoms with E-state index in [0.29, 0.717) is 0 Å². The Bertz CT molecular complexity index is 230. The van der Waals surface area contributed by atoms with Gasteiger partial charge in [-0.15, -0.1) is 0 Å². The average molecular weight is 234 g/mol. The molecule has 0 aliphatic heterocycles. The third kappa shape index (κ3) is 5.64. The fraction of sp³-hybridized carbons (Fsp3) is 0.778. The van der Waals surface area contributed by atoms with E-state index in [1.165, 1.54) is 7.11 Å². The van der Waals surface area contributed by atoms with Gasteiger partial charge in [0.2, 0.25) is 5.91 Å². The van der Waals surface area contributed by atoms with Gasteiger partial charge in [-0.05, 0) is 0 Å². The zero-order valence-electron chi connectivity index (χ0n) is 9.18. The van der Waals surface area contributed by atoms with Crippen molar-refractivity contribution in [1.29, 1.82) is 0 Å². The van der Waals surface area contributed by atoms with Gasteiger partial charge in [0.05, 0.1) is 12.5 Å². The molecule has 16 heavy (non-hydrogen) atoms. The number of hydrogen-bond donors (Lipinski definition) is 4. The van der Waals surface area contributed by atoms with Gasteiger partial charge in [-0.3, -0.25) is 4.79 Å². The van der Waals surface area contributed by atoms with Crippen LogP contribution in [0, 0.1) is 0 Å². The number of carbonyl (C=O) groups is 2. The summed E-state index contributed by atoms with van der Waals surface area (Å²) in [7, 11) is 1.42. The van der Waals surface area contributed by atoms with Crippen molar-refractivity contribution in [2.45, 2.75) is 25.0 Å². The fourth-order valence-electron chi connectivity index (χ4n) is 1.11. The third-order valence-electron chi connectivity index (χ3n) is 2.06. The molecule has 0 bridgehead atoms. The number of methoxy groups -OCH3 is 1. The summed E-state index contributed by atoms with van der Waals surface area (Å²) < 4.78 is 4.89. The van der Waals surface area contributed by atoms with Crippen LogP contribution in [0.5, 0.6) is 0 Å². The lowest BCUT2D eigenvalue weighted by Crippen LogP contribution is -2.43. The van der Waals surface area contributed by atoms with Crippen LogP contribution in [0.1, 0.15) is 12.8 Å². The van der Waals surface area contributed by atoms with Gasteiger partial charge in [0.15, 0.2) is 0 Å². The molecule has 0 aromatic heterocycles. The number of aliphatic carboxylic acids is 1. The number of hydrogen-bond acceptors (Lipinski definition) is 5. The van der Waals surface area contributed by atoms with Crippen molar-refractivity contribution < 1.29 is 24.5 Å². The quantitative estimate of drug-likeness (QED) is 0.397. The van der Waals surface area contributed by atoms with Gasteiger partial charge < -0.3 is 26.0 Å². The minimum absolute atomic E-state index is 0.00219.